The van der Waals surface area contributed by atoms with Crippen LogP contribution in [0.2, 0.25) is 0 Å². The van der Waals surface area contributed by atoms with E-state index in [4.69, 9.17) is 9.47 Å². The van der Waals surface area contributed by atoms with Gasteiger partial charge in [-0.25, -0.2) is 0 Å². The second kappa shape index (κ2) is 10.8. The number of carbonyl (C=O) groups excluding carboxylic acids is 1. The van der Waals surface area contributed by atoms with Gasteiger partial charge in [-0.2, -0.15) is 4.58 Å². The zero-order valence-electron chi connectivity index (χ0n) is 28.2. The van der Waals surface area contributed by atoms with E-state index in [0.29, 0.717) is 11.1 Å². The van der Waals surface area contributed by atoms with E-state index in [1.165, 1.54) is 33.1 Å². The van der Waals surface area contributed by atoms with Crippen LogP contribution in [0.15, 0.2) is 71.5 Å². The van der Waals surface area contributed by atoms with Gasteiger partial charge >= 0.3 is 0 Å². The maximum atomic E-state index is 14.0. The summed E-state index contributed by atoms with van der Waals surface area (Å²) in [6.07, 6.45) is 10.1. The maximum absolute atomic E-state index is 14.0. The van der Waals surface area contributed by atoms with E-state index in [-0.39, 0.29) is 23.8 Å². The molecule has 0 fully saturated rings. The molecule has 4 heterocycles. The summed E-state index contributed by atoms with van der Waals surface area (Å²) in [5, 5.41) is 18.2. The molecule has 4 aromatic carbocycles. The summed E-state index contributed by atoms with van der Waals surface area (Å²) in [7, 11) is 0. The van der Waals surface area contributed by atoms with Gasteiger partial charge in [-0.3, -0.25) is 4.79 Å². The van der Waals surface area contributed by atoms with Crippen LogP contribution < -0.4 is 14.8 Å². The van der Waals surface area contributed by atoms with Crippen LogP contribution in [0.5, 0.6) is 11.5 Å². The maximum Gasteiger partial charge on any atom is 0.215 e. The Bertz CT molecular complexity index is 2390. The summed E-state index contributed by atoms with van der Waals surface area (Å²) in [4.78, 5) is 14.0. The second-order valence-electron chi connectivity index (χ2n) is 14.1. The van der Waals surface area contributed by atoms with Gasteiger partial charge in [-0.1, -0.05) is 57.0 Å². The van der Waals surface area contributed by atoms with Crippen molar-refractivity contribution >= 4 is 55.7 Å². The number of hydrogen-bond donors (Lipinski definition) is 1. The number of ether oxygens (including phenoxy) is 2. The molecule has 9 rings (SSSR count). The highest BCUT2D eigenvalue weighted by Gasteiger charge is 2.39. The first kappa shape index (κ1) is 29.3. The van der Waals surface area contributed by atoms with Crippen molar-refractivity contribution in [2.24, 2.45) is 0 Å². The molecule has 0 amide bonds. The van der Waals surface area contributed by atoms with E-state index in [1.807, 2.05) is 12.2 Å². The van der Waals surface area contributed by atoms with Crippen molar-refractivity contribution in [3.63, 3.8) is 0 Å². The van der Waals surface area contributed by atoms with Crippen molar-refractivity contribution in [3.05, 3.63) is 93.6 Å². The Kier molecular flexibility index (Phi) is 6.62. The number of aryl methyl sites for hydroxylation is 1. The summed E-state index contributed by atoms with van der Waals surface area (Å²) < 4.78 is 17.2. The predicted octanol–water partition coefficient (Wildman–Crippen LogP) is 8.16. The van der Waals surface area contributed by atoms with Crippen molar-refractivity contribution in [2.45, 2.75) is 85.0 Å². The number of Topliss-reactive ketones (excluding diaryl/α,β-unsaturated/α-hetero) is 1. The number of allylic oxidation sites excluding steroid dienone is 3. The van der Waals surface area contributed by atoms with Gasteiger partial charge in [-0.15, -0.1) is 0 Å². The molecule has 48 heavy (non-hydrogen) atoms. The zero-order valence-corrected chi connectivity index (χ0v) is 28.2. The highest BCUT2D eigenvalue weighted by Crippen LogP contribution is 2.46. The number of aromatic nitrogens is 1. The first-order valence-electron chi connectivity index (χ1n) is 17.7. The van der Waals surface area contributed by atoms with E-state index in [0.717, 1.165) is 95.9 Å². The molecule has 2 unspecified atom stereocenters. The minimum absolute atomic E-state index is 0.0662. The summed E-state index contributed by atoms with van der Waals surface area (Å²) in [5.41, 5.74) is 7.60. The van der Waals surface area contributed by atoms with Gasteiger partial charge in [0.2, 0.25) is 17.2 Å². The quantitative estimate of drug-likeness (QED) is 0.138. The Labute approximate surface area is 280 Å². The Morgan fingerprint density at radius 3 is 2.25 bits per heavy atom. The molecule has 1 aromatic heterocycles. The molecule has 2 atom stereocenters. The lowest BCUT2D eigenvalue weighted by Gasteiger charge is -2.18. The van der Waals surface area contributed by atoms with Crippen molar-refractivity contribution < 1.29 is 24.0 Å². The molecule has 4 aliphatic rings. The monoisotopic (exact) mass is 637 g/mol. The lowest BCUT2D eigenvalue weighted by atomic mass is 9.86. The molecule has 5 aromatic rings. The first-order valence-corrected chi connectivity index (χ1v) is 17.7. The zero-order chi connectivity index (χ0) is 32.8. The number of fused-ring (bicyclic) bond motifs is 4. The number of hydrogen-bond acceptors (Lipinski definition) is 4. The number of nitrogens with zero attached hydrogens (tertiary/aromatic N) is 2. The van der Waals surface area contributed by atoms with E-state index in [9.17, 15) is 9.90 Å². The Morgan fingerprint density at radius 1 is 0.875 bits per heavy atom. The van der Waals surface area contributed by atoms with Gasteiger partial charge in [0, 0.05) is 76.0 Å². The van der Waals surface area contributed by atoms with Crippen molar-refractivity contribution in [1.82, 2.24) is 4.57 Å². The lowest BCUT2D eigenvalue weighted by Crippen LogP contribution is -2.26. The number of aliphatic hydroxyl groups is 1. The molecule has 1 aliphatic carbocycles. The summed E-state index contributed by atoms with van der Waals surface area (Å²) >= 11 is 0. The number of unbranched alkanes of at least 4 members (excludes halogenated alkanes) is 2. The van der Waals surface area contributed by atoms with Gasteiger partial charge in [0.05, 0.1) is 27.6 Å². The second-order valence-corrected chi connectivity index (χ2v) is 14.1. The standard InChI is InChI=1S/C42H40N2O4/c1-5-7-15-43-33(27-11-9-13-29-37(27)35(43)19-25-17-23(3)47-41(25)29)21-31-39(45)32(40(31)46)22-34-28-12-10-14-30-38(28)36(44(34)16-8-6-2)20-26-18-24(4)48-42(26)30/h9-14,19-24H,5-8,15-18H2,1-4H3/p+1. The van der Waals surface area contributed by atoms with E-state index in [1.54, 1.807) is 0 Å². The van der Waals surface area contributed by atoms with Gasteiger partial charge < -0.3 is 19.1 Å². The highest BCUT2D eigenvalue weighted by atomic mass is 16.5. The predicted molar refractivity (Wildman–Crippen MR) is 192 cm³/mol. The fourth-order valence-electron chi connectivity index (χ4n) is 8.49. The van der Waals surface area contributed by atoms with Crippen LogP contribution in [0.3, 0.4) is 0 Å². The summed E-state index contributed by atoms with van der Waals surface area (Å²) in [6, 6.07) is 17.3. The van der Waals surface area contributed by atoms with Crippen LogP contribution in [-0.2, 0) is 24.2 Å². The molecule has 0 spiro atoms. The molecular weight excluding hydrogens is 596 g/mol. The molecule has 6 heteroatoms. The molecule has 6 nitrogen and oxygen atoms in total. The SMILES string of the molecule is CCCCn1/c(=C\C2=C(O)C(=C/C3=[N+](CCCC)c4cc5c(c6cccc3c46)OC(C)C5)/C2=O)c2cccc3c4c(cc1c32)CC(C)O4. The lowest BCUT2D eigenvalue weighted by molar-refractivity contribution is -0.436. The van der Waals surface area contributed by atoms with E-state index < -0.39 is 0 Å². The van der Waals surface area contributed by atoms with E-state index in [2.05, 4.69) is 85.4 Å². The Morgan fingerprint density at radius 2 is 1.54 bits per heavy atom. The van der Waals surface area contributed by atoms with Crippen LogP contribution in [0.25, 0.3) is 38.5 Å². The fraction of sp³-hybridized carbons (Fsp3) is 0.333. The molecule has 242 valence electrons. The average molecular weight is 638 g/mol. The molecule has 0 saturated carbocycles. The number of benzene rings is 4. The third-order valence-electron chi connectivity index (χ3n) is 10.7. The molecule has 0 radical (unpaired) electrons. The van der Waals surface area contributed by atoms with Crippen LogP contribution in [-0.4, -0.2) is 44.5 Å². The molecule has 3 aliphatic heterocycles. The largest absolute Gasteiger partial charge is 0.506 e. The normalized spacial score (nSPS) is 20.9. The molecule has 0 saturated heterocycles. The first-order chi connectivity index (χ1) is 23.4. The average Bonchev–Trinajstić information content (AvgIpc) is 3.82. The number of aliphatic hydroxyl groups excluding tert-OH is 1. The van der Waals surface area contributed by atoms with Crippen molar-refractivity contribution in [2.75, 3.05) is 6.54 Å². The number of rotatable bonds is 8. The minimum atomic E-state index is -0.121. The van der Waals surface area contributed by atoms with Crippen molar-refractivity contribution in [3.8, 4) is 11.5 Å². The van der Waals surface area contributed by atoms with Crippen molar-refractivity contribution in [1.29, 1.82) is 0 Å². The minimum Gasteiger partial charge on any atom is -0.506 e. The fourth-order valence-corrected chi connectivity index (χ4v) is 8.49. The number of ketones is 1. The van der Waals surface area contributed by atoms with Gasteiger partial charge in [0.15, 0.2) is 0 Å². The topological polar surface area (TPSA) is 63.7 Å². The van der Waals surface area contributed by atoms with E-state index >= 15 is 0 Å². The van der Waals surface area contributed by atoms with Gasteiger partial charge in [0.25, 0.3) is 0 Å². The third kappa shape index (κ3) is 4.11. The summed E-state index contributed by atoms with van der Waals surface area (Å²) in [5.74, 6) is 1.91. The third-order valence-corrected chi connectivity index (χ3v) is 10.7. The number of carbonyl (C=O) groups is 1. The molecule has 1 N–H and O–H groups in total. The van der Waals surface area contributed by atoms with Crippen LogP contribution in [0, 0.1) is 0 Å². The Hall–Kier alpha value is -4.84. The van der Waals surface area contributed by atoms with Crippen LogP contribution >= 0.6 is 0 Å². The summed E-state index contributed by atoms with van der Waals surface area (Å²) in [6.45, 7) is 10.3. The smallest absolute Gasteiger partial charge is 0.215 e. The van der Waals surface area contributed by atoms with Gasteiger partial charge in [0.1, 0.15) is 36.0 Å². The highest BCUT2D eigenvalue weighted by molar-refractivity contribution is 6.29. The van der Waals surface area contributed by atoms with Crippen LogP contribution in [0.1, 0.15) is 70.1 Å². The van der Waals surface area contributed by atoms with Crippen LogP contribution in [0.4, 0.5) is 5.69 Å². The van der Waals surface area contributed by atoms with Gasteiger partial charge in [-0.05, 0) is 38.5 Å². The molecular formula is C42H41N2O4+. The Balaban J connectivity index is 1.20. The molecule has 0 bridgehead atoms.